The average Bonchev–Trinajstić information content (AvgIpc) is 2.09. The largest absolute Gasteiger partial charge is 0.411 e. The summed E-state index contributed by atoms with van der Waals surface area (Å²) >= 11 is 0. The minimum atomic E-state index is -4.41. The van der Waals surface area contributed by atoms with Crippen molar-refractivity contribution in [2.45, 2.75) is 19.2 Å². The average molecular weight is 211 g/mol. The minimum absolute atomic E-state index is 0.207. The SMILES string of the molecule is C=CCNC(=O)C(C)OCC(F)(F)F. The molecule has 1 N–H and O–H groups in total. The molecule has 0 heterocycles. The third kappa shape index (κ3) is 6.47. The second-order valence-electron chi connectivity index (χ2n) is 2.60. The smallest absolute Gasteiger partial charge is 0.359 e. The number of rotatable bonds is 5. The van der Waals surface area contributed by atoms with Crippen LogP contribution in [0.5, 0.6) is 0 Å². The first-order valence-corrected chi connectivity index (χ1v) is 3.94. The zero-order chi connectivity index (χ0) is 11.2. The maximum Gasteiger partial charge on any atom is 0.411 e. The predicted octanol–water partition coefficient (Wildman–Crippen LogP) is 1.26. The van der Waals surface area contributed by atoms with Crippen LogP contribution in [0, 0.1) is 0 Å². The lowest BCUT2D eigenvalue weighted by atomic mass is 10.3. The summed E-state index contributed by atoms with van der Waals surface area (Å²) in [4.78, 5) is 11.0. The lowest BCUT2D eigenvalue weighted by Gasteiger charge is -2.13. The highest BCUT2D eigenvalue weighted by atomic mass is 19.4. The summed E-state index contributed by atoms with van der Waals surface area (Å²) in [6.45, 7) is 3.38. The molecule has 0 spiro atoms. The number of hydrogen-bond acceptors (Lipinski definition) is 2. The molecule has 0 aliphatic rings. The van der Waals surface area contributed by atoms with Gasteiger partial charge in [-0.15, -0.1) is 6.58 Å². The molecule has 6 heteroatoms. The first-order valence-electron chi connectivity index (χ1n) is 3.94. The number of halogens is 3. The monoisotopic (exact) mass is 211 g/mol. The van der Waals surface area contributed by atoms with Crippen LogP contribution < -0.4 is 5.32 Å². The number of hydrogen-bond donors (Lipinski definition) is 1. The van der Waals surface area contributed by atoms with Crippen molar-refractivity contribution in [2.75, 3.05) is 13.2 Å². The molecular weight excluding hydrogens is 199 g/mol. The third-order valence-electron chi connectivity index (χ3n) is 1.29. The van der Waals surface area contributed by atoms with E-state index in [1.54, 1.807) is 0 Å². The molecule has 1 amide bonds. The van der Waals surface area contributed by atoms with Gasteiger partial charge in [0.1, 0.15) is 12.7 Å². The Kier molecular flexibility index (Phi) is 5.22. The van der Waals surface area contributed by atoms with Crippen LogP contribution in [0.4, 0.5) is 13.2 Å². The van der Waals surface area contributed by atoms with Gasteiger partial charge in [0, 0.05) is 6.54 Å². The van der Waals surface area contributed by atoms with E-state index in [2.05, 4.69) is 16.6 Å². The number of amides is 1. The summed E-state index contributed by atoms with van der Waals surface area (Å²) in [5.74, 6) is -0.589. The summed E-state index contributed by atoms with van der Waals surface area (Å²) in [5, 5.41) is 2.32. The van der Waals surface area contributed by atoms with Crippen LogP contribution in [-0.4, -0.2) is 31.3 Å². The molecule has 14 heavy (non-hydrogen) atoms. The lowest BCUT2D eigenvalue weighted by molar-refractivity contribution is -0.185. The van der Waals surface area contributed by atoms with E-state index in [1.807, 2.05) is 0 Å². The zero-order valence-electron chi connectivity index (χ0n) is 7.73. The zero-order valence-corrected chi connectivity index (χ0v) is 7.73. The first kappa shape index (κ1) is 13.0. The van der Waals surface area contributed by atoms with Crippen molar-refractivity contribution < 1.29 is 22.7 Å². The maximum absolute atomic E-state index is 11.7. The van der Waals surface area contributed by atoms with Gasteiger partial charge in [-0.3, -0.25) is 4.79 Å². The first-order chi connectivity index (χ1) is 6.37. The summed E-state index contributed by atoms with van der Waals surface area (Å²) in [5.41, 5.74) is 0. The molecule has 0 aromatic carbocycles. The van der Waals surface area contributed by atoms with Crippen LogP contribution in [-0.2, 0) is 9.53 Å². The van der Waals surface area contributed by atoms with Gasteiger partial charge in [0.25, 0.3) is 0 Å². The van der Waals surface area contributed by atoms with Crippen molar-refractivity contribution in [2.24, 2.45) is 0 Å². The summed E-state index contributed by atoms with van der Waals surface area (Å²) in [6.07, 6.45) is -4.10. The van der Waals surface area contributed by atoms with Crippen molar-refractivity contribution in [1.82, 2.24) is 5.32 Å². The molecule has 0 aromatic heterocycles. The number of alkyl halides is 3. The Hall–Kier alpha value is -1.04. The van der Waals surface area contributed by atoms with Crippen LogP contribution in [0.15, 0.2) is 12.7 Å². The van der Waals surface area contributed by atoms with Crippen molar-refractivity contribution in [1.29, 1.82) is 0 Å². The molecule has 0 bridgehead atoms. The van der Waals surface area contributed by atoms with Gasteiger partial charge in [-0.2, -0.15) is 13.2 Å². The van der Waals surface area contributed by atoms with Gasteiger partial charge in [0.15, 0.2) is 0 Å². The molecule has 82 valence electrons. The van der Waals surface area contributed by atoms with Gasteiger partial charge in [-0.05, 0) is 6.92 Å². The second kappa shape index (κ2) is 5.64. The van der Waals surface area contributed by atoms with E-state index >= 15 is 0 Å². The van der Waals surface area contributed by atoms with E-state index in [1.165, 1.54) is 13.0 Å². The molecule has 0 radical (unpaired) electrons. The van der Waals surface area contributed by atoms with Crippen LogP contribution in [0.1, 0.15) is 6.92 Å². The number of carbonyl (C=O) groups is 1. The fourth-order valence-electron chi connectivity index (χ4n) is 0.612. The third-order valence-corrected chi connectivity index (χ3v) is 1.29. The van der Waals surface area contributed by atoms with Gasteiger partial charge in [0.2, 0.25) is 5.91 Å². The number of carbonyl (C=O) groups excluding carboxylic acids is 1. The van der Waals surface area contributed by atoms with Crippen LogP contribution in [0.2, 0.25) is 0 Å². The van der Waals surface area contributed by atoms with Gasteiger partial charge in [0.05, 0.1) is 0 Å². The van der Waals surface area contributed by atoms with E-state index < -0.39 is 24.8 Å². The quantitative estimate of drug-likeness (QED) is 0.695. The molecule has 0 rings (SSSR count). The maximum atomic E-state index is 11.7. The Morgan fingerprint density at radius 1 is 1.64 bits per heavy atom. The van der Waals surface area contributed by atoms with Gasteiger partial charge >= 0.3 is 6.18 Å². The highest BCUT2D eigenvalue weighted by Gasteiger charge is 2.29. The van der Waals surface area contributed by atoms with Crippen molar-refractivity contribution in [3.8, 4) is 0 Å². The van der Waals surface area contributed by atoms with Crippen molar-refractivity contribution >= 4 is 5.91 Å². The van der Waals surface area contributed by atoms with Gasteiger partial charge in [-0.1, -0.05) is 6.08 Å². The summed E-state index contributed by atoms with van der Waals surface area (Å²) in [7, 11) is 0. The minimum Gasteiger partial charge on any atom is -0.359 e. The predicted molar refractivity (Wildman–Crippen MR) is 44.7 cm³/mol. The highest BCUT2D eigenvalue weighted by Crippen LogP contribution is 2.15. The van der Waals surface area contributed by atoms with E-state index in [9.17, 15) is 18.0 Å². The van der Waals surface area contributed by atoms with Crippen LogP contribution >= 0.6 is 0 Å². The van der Waals surface area contributed by atoms with Crippen LogP contribution in [0.25, 0.3) is 0 Å². The molecule has 1 atom stereocenters. The Morgan fingerprint density at radius 3 is 2.64 bits per heavy atom. The Morgan fingerprint density at radius 2 is 2.21 bits per heavy atom. The normalized spacial score (nSPS) is 13.4. The fraction of sp³-hybridized carbons (Fsp3) is 0.625. The van der Waals surface area contributed by atoms with E-state index in [4.69, 9.17) is 0 Å². The summed E-state index contributed by atoms with van der Waals surface area (Å²) in [6, 6.07) is 0. The summed E-state index contributed by atoms with van der Waals surface area (Å²) < 4.78 is 39.3. The molecule has 0 aliphatic heterocycles. The number of nitrogens with one attached hydrogen (secondary N) is 1. The molecule has 0 saturated carbocycles. The molecular formula is C8H12F3NO2. The molecule has 0 aliphatic carbocycles. The second-order valence-corrected chi connectivity index (χ2v) is 2.60. The fourth-order valence-corrected chi connectivity index (χ4v) is 0.612. The van der Waals surface area contributed by atoms with Gasteiger partial charge in [-0.25, -0.2) is 0 Å². The lowest BCUT2D eigenvalue weighted by Crippen LogP contribution is -2.36. The standard InChI is InChI=1S/C8H12F3NO2/c1-3-4-12-7(13)6(2)14-5-8(9,10)11/h3,6H,1,4-5H2,2H3,(H,12,13). The molecule has 3 nitrogen and oxygen atoms in total. The van der Waals surface area contributed by atoms with Crippen molar-refractivity contribution in [3.05, 3.63) is 12.7 Å². The Balaban J connectivity index is 3.78. The van der Waals surface area contributed by atoms with Crippen LogP contribution in [0.3, 0.4) is 0 Å². The van der Waals surface area contributed by atoms with E-state index in [-0.39, 0.29) is 6.54 Å². The van der Waals surface area contributed by atoms with Crippen molar-refractivity contribution in [3.63, 3.8) is 0 Å². The molecule has 1 unspecified atom stereocenters. The highest BCUT2D eigenvalue weighted by molar-refractivity contribution is 5.80. The number of ether oxygens (including phenoxy) is 1. The topological polar surface area (TPSA) is 38.3 Å². The molecule has 0 fully saturated rings. The van der Waals surface area contributed by atoms with E-state index in [0.29, 0.717) is 0 Å². The molecule has 0 aromatic rings. The van der Waals surface area contributed by atoms with Gasteiger partial charge < -0.3 is 10.1 Å². The Bertz CT molecular complexity index is 203. The van der Waals surface area contributed by atoms with E-state index in [0.717, 1.165) is 0 Å². The Labute approximate surface area is 79.9 Å². The molecule has 0 saturated heterocycles.